The zero-order valence-corrected chi connectivity index (χ0v) is 6.35. The maximum atomic E-state index is 10.4. The zero-order chi connectivity index (χ0) is 9.14. The van der Waals surface area contributed by atoms with Gasteiger partial charge in [0.1, 0.15) is 5.69 Å². The molecule has 0 amide bonds. The van der Waals surface area contributed by atoms with E-state index in [-0.39, 0.29) is 11.4 Å². The largest absolute Gasteiger partial charge is 0.296 e. The van der Waals surface area contributed by atoms with Gasteiger partial charge in [-0.2, -0.15) is 0 Å². The summed E-state index contributed by atoms with van der Waals surface area (Å²) in [7, 11) is 0. The molecular formula is C7H6N2O3. The maximum absolute atomic E-state index is 10.4. The molecule has 0 fully saturated rings. The fourth-order valence-corrected chi connectivity index (χ4v) is 0.858. The molecule has 5 heteroatoms. The van der Waals surface area contributed by atoms with E-state index in [1.807, 2.05) is 0 Å². The van der Waals surface area contributed by atoms with Gasteiger partial charge in [0, 0.05) is 12.3 Å². The number of carbonyl (C=O) groups is 1. The SMILES string of the molecule is Cc1c([N+](=O)[O-])ccnc1C=O. The lowest BCUT2D eigenvalue weighted by atomic mass is 10.2. The summed E-state index contributed by atoms with van der Waals surface area (Å²) in [5.74, 6) is 0. The van der Waals surface area contributed by atoms with Crippen LogP contribution in [0.15, 0.2) is 12.3 Å². The van der Waals surface area contributed by atoms with Gasteiger partial charge in [0.2, 0.25) is 0 Å². The summed E-state index contributed by atoms with van der Waals surface area (Å²) in [6.45, 7) is 1.49. The highest BCUT2D eigenvalue weighted by molar-refractivity contribution is 5.76. The van der Waals surface area contributed by atoms with E-state index in [4.69, 9.17) is 0 Å². The zero-order valence-electron chi connectivity index (χ0n) is 6.35. The summed E-state index contributed by atoms with van der Waals surface area (Å²) in [5, 5.41) is 10.4. The second kappa shape index (κ2) is 3.08. The van der Waals surface area contributed by atoms with Crippen LogP contribution in [0.25, 0.3) is 0 Å². The van der Waals surface area contributed by atoms with Gasteiger partial charge < -0.3 is 0 Å². The minimum absolute atomic E-state index is 0.0768. The van der Waals surface area contributed by atoms with Gasteiger partial charge in [0.05, 0.1) is 10.5 Å². The highest BCUT2D eigenvalue weighted by Crippen LogP contribution is 2.17. The van der Waals surface area contributed by atoms with Crippen molar-refractivity contribution in [1.82, 2.24) is 4.98 Å². The second-order valence-corrected chi connectivity index (χ2v) is 2.22. The monoisotopic (exact) mass is 166 g/mol. The third-order valence-electron chi connectivity index (χ3n) is 1.52. The van der Waals surface area contributed by atoms with Crippen LogP contribution in [-0.2, 0) is 0 Å². The number of rotatable bonds is 2. The molecule has 0 N–H and O–H groups in total. The minimum Gasteiger partial charge on any atom is -0.296 e. The summed E-state index contributed by atoms with van der Waals surface area (Å²) in [6, 6.07) is 1.27. The van der Waals surface area contributed by atoms with E-state index in [0.717, 1.165) is 0 Å². The van der Waals surface area contributed by atoms with Gasteiger partial charge in [0.25, 0.3) is 5.69 Å². The van der Waals surface area contributed by atoms with Crippen LogP contribution in [0.4, 0.5) is 5.69 Å². The van der Waals surface area contributed by atoms with Gasteiger partial charge in [-0.15, -0.1) is 0 Å². The van der Waals surface area contributed by atoms with Crippen molar-refractivity contribution in [3.05, 3.63) is 33.6 Å². The lowest BCUT2D eigenvalue weighted by molar-refractivity contribution is -0.385. The molecular weight excluding hydrogens is 160 g/mol. The summed E-state index contributed by atoms with van der Waals surface area (Å²) in [4.78, 5) is 23.8. The van der Waals surface area contributed by atoms with E-state index in [1.54, 1.807) is 0 Å². The predicted octanol–water partition coefficient (Wildman–Crippen LogP) is 1.11. The number of hydrogen-bond donors (Lipinski definition) is 0. The number of carbonyl (C=O) groups excluding carboxylic acids is 1. The van der Waals surface area contributed by atoms with E-state index in [0.29, 0.717) is 11.8 Å². The van der Waals surface area contributed by atoms with Crippen LogP contribution >= 0.6 is 0 Å². The molecule has 0 radical (unpaired) electrons. The molecule has 0 aliphatic heterocycles. The van der Waals surface area contributed by atoms with Crippen molar-refractivity contribution >= 4 is 12.0 Å². The van der Waals surface area contributed by atoms with Crippen molar-refractivity contribution in [3.8, 4) is 0 Å². The topological polar surface area (TPSA) is 73.1 Å². The van der Waals surface area contributed by atoms with E-state index in [1.165, 1.54) is 19.2 Å². The van der Waals surface area contributed by atoms with Gasteiger partial charge >= 0.3 is 0 Å². The molecule has 0 saturated heterocycles. The summed E-state index contributed by atoms with van der Waals surface area (Å²) < 4.78 is 0. The Morgan fingerprint density at radius 1 is 1.67 bits per heavy atom. The number of aromatic nitrogens is 1. The van der Waals surface area contributed by atoms with Crippen molar-refractivity contribution in [2.45, 2.75) is 6.92 Å². The van der Waals surface area contributed by atoms with Gasteiger partial charge in [-0.1, -0.05) is 0 Å². The Bertz CT molecular complexity index is 335. The first-order chi connectivity index (χ1) is 5.66. The average molecular weight is 166 g/mol. The molecule has 5 nitrogen and oxygen atoms in total. The molecule has 0 bridgehead atoms. The van der Waals surface area contributed by atoms with Crippen LogP contribution in [0.3, 0.4) is 0 Å². The lowest BCUT2D eigenvalue weighted by Gasteiger charge is -1.96. The van der Waals surface area contributed by atoms with Crippen LogP contribution in [0.2, 0.25) is 0 Å². The van der Waals surface area contributed by atoms with Crippen LogP contribution < -0.4 is 0 Å². The van der Waals surface area contributed by atoms with Gasteiger partial charge in [0.15, 0.2) is 6.29 Å². The molecule has 62 valence electrons. The van der Waals surface area contributed by atoms with Crippen LogP contribution in [-0.4, -0.2) is 16.2 Å². The quantitative estimate of drug-likeness (QED) is 0.374. The number of nitro groups is 1. The standard InChI is InChI=1S/C7H6N2O3/c1-5-6(4-10)8-3-2-7(5)9(11)12/h2-4H,1H3. The van der Waals surface area contributed by atoms with Crippen LogP contribution in [0.1, 0.15) is 16.1 Å². The normalized spacial score (nSPS) is 9.42. The van der Waals surface area contributed by atoms with Crippen molar-refractivity contribution in [2.75, 3.05) is 0 Å². The fraction of sp³-hybridized carbons (Fsp3) is 0.143. The Labute approximate surface area is 68.2 Å². The van der Waals surface area contributed by atoms with Gasteiger partial charge in [-0.05, 0) is 6.92 Å². The molecule has 0 aliphatic carbocycles. The third kappa shape index (κ3) is 1.29. The molecule has 1 heterocycles. The van der Waals surface area contributed by atoms with Crippen LogP contribution in [0.5, 0.6) is 0 Å². The van der Waals surface area contributed by atoms with E-state index >= 15 is 0 Å². The van der Waals surface area contributed by atoms with Crippen molar-refractivity contribution in [2.24, 2.45) is 0 Å². The molecule has 0 saturated carbocycles. The maximum Gasteiger partial charge on any atom is 0.276 e. The van der Waals surface area contributed by atoms with E-state index in [2.05, 4.69) is 4.98 Å². The Kier molecular flexibility index (Phi) is 2.14. The number of aldehydes is 1. The molecule has 1 aromatic heterocycles. The highest BCUT2D eigenvalue weighted by atomic mass is 16.6. The first-order valence-corrected chi connectivity index (χ1v) is 3.22. The molecule has 0 aliphatic rings. The van der Waals surface area contributed by atoms with E-state index < -0.39 is 4.92 Å². The average Bonchev–Trinajstić information content (AvgIpc) is 2.04. The Balaban J connectivity index is 3.32. The molecule has 1 rings (SSSR count). The van der Waals surface area contributed by atoms with Crippen molar-refractivity contribution in [1.29, 1.82) is 0 Å². The minimum atomic E-state index is -0.538. The Morgan fingerprint density at radius 2 is 2.33 bits per heavy atom. The third-order valence-corrected chi connectivity index (χ3v) is 1.52. The number of nitrogens with zero attached hydrogens (tertiary/aromatic N) is 2. The molecule has 0 atom stereocenters. The highest BCUT2D eigenvalue weighted by Gasteiger charge is 2.12. The predicted molar refractivity (Wildman–Crippen MR) is 41.0 cm³/mol. The van der Waals surface area contributed by atoms with Crippen molar-refractivity contribution < 1.29 is 9.72 Å². The molecule has 0 spiro atoms. The number of pyridine rings is 1. The molecule has 1 aromatic rings. The Hall–Kier alpha value is -1.78. The second-order valence-electron chi connectivity index (χ2n) is 2.22. The van der Waals surface area contributed by atoms with Crippen LogP contribution in [0, 0.1) is 17.0 Å². The van der Waals surface area contributed by atoms with E-state index in [9.17, 15) is 14.9 Å². The molecule has 0 aromatic carbocycles. The molecule has 0 unspecified atom stereocenters. The smallest absolute Gasteiger partial charge is 0.276 e. The van der Waals surface area contributed by atoms with Crippen molar-refractivity contribution in [3.63, 3.8) is 0 Å². The molecule has 12 heavy (non-hydrogen) atoms. The van der Waals surface area contributed by atoms with Gasteiger partial charge in [-0.25, -0.2) is 0 Å². The first kappa shape index (κ1) is 8.32. The number of hydrogen-bond acceptors (Lipinski definition) is 4. The lowest BCUT2D eigenvalue weighted by Crippen LogP contribution is -1.97. The van der Waals surface area contributed by atoms with Gasteiger partial charge in [-0.3, -0.25) is 19.9 Å². The summed E-state index contributed by atoms with van der Waals surface area (Å²) >= 11 is 0. The first-order valence-electron chi connectivity index (χ1n) is 3.22. The Morgan fingerprint density at radius 3 is 2.83 bits per heavy atom. The summed E-state index contributed by atoms with van der Waals surface area (Å²) in [5.41, 5.74) is 0.341. The fourth-order valence-electron chi connectivity index (χ4n) is 0.858. The summed E-state index contributed by atoms with van der Waals surface area (Å²) in [6.07, 6.45) is 1.75.